The van der Waals surface area contributed by atoms with Crippen molar-refractivity contribution in [3.8, 4) is 0 Å². The Balaban J connectivity index is 1.89. The number of aliphatic carboxylic acids is 1. The van der Waals surface area contributed by atoms with Crippen molar-refractivity contribution >= 4 is 23.3 Å². The van der Waals surface area contributed by atoms with Crippen LogP contribution < -0.4 is 10.6 Å². The van der Waals surface area contributed by atoms with Gasteiger partial charge in [0, 0.05) is 17.5 Å². The molecule has 0 aliphatic carbocycles. The quantitative estimate of drug-likeness (QED) is 0.772. The molecule has 1 fully saturated rings. The normalized spacial score (nSPS) is 20.7. The zero-order chi connectivity index (χ0) is 15.2. The fraction of sp³-hybridized carbons (Fsp3) is 0.571. The van der Waals surface area contributed by atoms with Crippen LogP contribution in [-0.2, 0) is 4.79 Å². The molecule has 116 valence electrons. The number of carboxylic acid groups (broad SMARTS) is 1. The molecule has 21 heavy (non-hydrogen) atoms. The first-order valence-electron chi connectivity index (χ1n) is 7.15. The predicted molar refractivity (Wildman–Crippen MR) is 81.5 cm³/mol. The molecular weight excluding hydrogens is 290 g/mol. The van der Waals surface area contributed by atoms with Crippen LogP contribution in [0, 0.1) is 0 Å². The number of hydrogen-bond donors (Lipinski definition) is 3. The summed E-state index contributed by atoms with van der Waals surface area (Å²) >= 11 is 1.32. The highest BCUT2D eigenvalue weighted by Crippen LogP contribution is 2.19. The lowest BCUT2D eigenvalue weighted by Crippen LogP contribution is -2.51. The Kier molecular flexibility index (Phi) is 5.58. The number of urea groups is 1. The van der Waals surface area contributed by atoms with E-state index in [4.69, 9.17) is 0 Å². The summed E-state index contributed by atoms with van der Waals surface area (Å²) in [4.78, 5) is 26.2. The number of hydrogen-bond acceptors (Lipinski definition) is 4. The second-order valence-electron chi connectivity index (χ2n) is 5.14. The van der Waals surface area contributed by atoms with E-state index in [1.807, 2.05) is 0 Å². The van der Waals surface area contributed by atoms with Crippen LogP contribution in [0.2, 0.25) is 0 Å². The van der Waals surface area contributed by atoms with Crippen LogP contribution in [-0.4, -0.2) is 47.7 Å². The van der Waals surface area contributed by atoms with E-state index in [0.29, 0.717) is 4.88 Å². The molecule has 7 heteroatoms. The van der Waals surface area contributed by atoms with Gasteiger partial charge in [-0.2, -0.15) is 0 Å². The van der Waals surface area contributed by atoms with Gasteiger partial charge in [-0.1, -0.05) is 13.0 Å². The summed E-state index contributed by atoms with van der Waals surface area (Å²) in [6.07, 6.45) is 1.98. The third-order valence-electron chi connectivity index (χ3n) is 3.64. The largest absolute Gasteiger partial charge is 0.479 e. The fourth-order valence-corrected chi connectivity index (χ4v) is 3.30. The number of thiophene rings is 1. The lowest BCUT2D eigenvalue weighted by molar-refractivity contribution is -0.139. The van der Waals surface area contributed by atoms with Gasteiger partial charge in [-0.25, -0.2) is 9.59 Å². The van der Waals surface area contributed by atoms with E-state index in [-0.39, 0.29) is 6.04 Å². The Morgan fingerprint density at radius 2 is 2.38 bits per heavy atom. The van der Waals surface area contributed by atoms with Crippen LogP contribution in [0.15, 0.2) is 17.5 Å². The first kappa shape index (κ1) is 15.8. The summed E-state index contributed by atoms with van der Waals surface area (Å²) < 4.78 is 0. The van der Waals surface area contributed by atoms with Gasteiger partial charge in [0.1, 0.15) is 0 Å². The minimum absolute atomic E-state index is 0.0801. The molecular formula is C14H21N3O3S. The number of likely N-dealkylation sites (N-methyl/N-ethyl adjacent to an activating group) is 1. The molecule has 1 aliphatic heterocycles. The maximum atomic E-state index is 12.0. The van der Waals surface area contributed by atoms with Crippen molar-refractivity contribution in [3.63, 3.8) is 0 Å². The number of rotatable bonds is 5. The minimum Gasteiger partial charge on any atom is -0.479 e. The molecule has 2 atom stereocenters. The van der Waals surface area contributed by atoms with E-state index in [0.717, 1.165) is 32.5 Å². The standard InChI is InChI=1S/C14H21N3O3S/c1-2-17-7-3-5-10(9-17)15-14(20)16-12(13(18)19)11-6-4-8-21-11/h4,6,8,10,12H,2-3,5,7,9H2,1H3,(H,18,19)(H2,15,16,20). The maximum absolute atomic E-state index is 12.0. The molecule has 6 nitrogen and oxygen atoms in total. The molecule has 2 unspecified atom stereocenters. The van der Waals surface area contributed by atoms with Crippen molar-refractivity contribution in [2.45, 2.75) is 31.8 Å². The van der Waals surface area contributed by atoms with Crippen LogP contribution in [0.5, 0.6) is 0 Å². The smallest absolute Gasteiger partial charge is 0.331 e. The zero-order valence-electron chi connectivity index (χ0n) is 12.0. The van der Waals surface area contributed by atoms with Gasteiger partial charge in [0.25, 0.3) is 0 Å². The van der Waals surface area contributed by atoms with Crippen molar-refractivity contribution in [1.82, 2.24) is 15.5 Å². The Hall–Kier alpha value is -1.60. The molecule has 1 aromatic rings. The number of nitrogens with zero attached hydrogens (tertiary/aromatic N) is 1. The topological polar surface area (TPSA) is 81.7 Å². The van der Waals surface area contributed by atoms with Gasteiger partial charge in [-0.3, -0.25) is 0 Å². The Bertz CT molecular complexity index is 478. The summed E-state index contributed by atoms with van der Waals surface area (Å²) in [6.45, 7) is 4.94. The molecule has 0 aromatic carbocycles. The first-order valence-corrected chi connectivity index (χ1v) is 8.03. The molecule has 2 amide bonds. The summed E-state index contributed by atoms with van der Waals surface area (Å²) in [5, 5.41) is 16.5. The first-order chi connectivity index (χ1) is 10.1. The van der Waals surface area contributed by atoms with E-state index in [2.05, 4.69) is 22.5 Å². The van der Waals surface area contributed by atoms with Crippen LogP contribution in [0.3, 0.4) is 0 Å². The third-order valence-corrected chi connectivity index (χ3v) is 4.58. The van der Waals surface area contributed by atoms with E-state index < -0.39 is 18.0 Å². The van der Waals surface area contributed by atoms with Crippen LogP contribution in [0.1, 0.15) is 30.7 Å². The molecule has 1 aliphatic rings. The number of nitrogens with one attached hydrogen (secondary N) is 2. The summed E-state index contributed by atoms with van der Waals surface area (Å²) in [7, 11) is 0. The Morgan fingerprint density at radius 3 is 3.00 bits per heavy atom. The predicted octanol–water partition coefficient (Wildman–Crippen LogP) is 1.66. The SMILES string of the molecule is CCN1CCCC(NC(=O)NC(C(=O)O)c2cccs2)C1. The van der Waals surface area contributed by atoms with Gasteiger partial charge in [0.05, 0.1) is 0 Å². The molecule has 3 N–H and O–H groups in total. The lowest BCUT2D eigenvalue weighted by atomic mass is 10.1. The van der Waals surface area contributed by atoms with Crippen molar-refractivity contribution in [2.75, 3.05) is 19.6 Å². The van der Waals surface area contributed by atoms with Gasteiger partial charge in [-0.15, -0.1) is 11.3 Å². The summed E-state index contributed by atoms with van der Waals surface area (Å²) in [5.74, 6) is -1.05. The molecule has 0 radical (unpaired) electrons. The average molecular weight is 311 g/mol. The molecule has 1 aromatic heterocycles. The number of amides is 2. The minimum atomic E-state index is -1.05. The number of piperidine rings is 1. The van der Waals surface area contributed by atoms with Crippen LogP contribution in [0.4, 0.5) is 4.79 Å². The highest BCUT2D eigenvalue weighted by molar-refractivity contribution is 7.10. The second-order valence-corrected chi connectivity index (χ2v) is 6.12. The number of carbonyl (C=O) groups excluding carboxylic acids is 1. The van der Waals surface area contributed by atoms with Gasteiger partial charge in [0.15, 0.2) is 6.04 Å². The average Bonchev–Trinajstić information content (AvgIpc) is 2.98. The van der Waals surface area contributed by atoms with E-state index >= 15 is 0 Å². The molecule has 2 rings (SSSR count). The van der Waals surface area contributed by atoms with Crippen LogP contribution in [0.25, 0.3) is 0 Å². The zero-order valence-corrected chi connectivity index (χ0v) is 12.9. The highest BCUT2D eigenvalue weighted by atomic mass is 32.1. The van der Waals surface area contributed by atoms with Crippen molar-refractivity contribution in [2.24, 2.45) is 0 Å². The van der Waals surface area contributed by atoms with E-state index in [9.17, 15) is 14.7 Å². The number of carbonyl (C=O) groups is 2. The third kappa shape index (κ3) is 4.44. The van der Waals surface area contributed by atoms with Gasteiger partial charge < -0.3 is 20.6 Å². The number of likely N-dealkylation sites (tertiary alicyclic amines) is 1. The van der Waals surface area contributed by atoms with Crippen molar-refractivity contribution in [1.29, 1.82) is 0 Å². The van der Waals surface area contributed by atoms with Gasteiger partial charge >= 0.3 is 12.0 Å². The monoisotopic (exact) mass is 311 g/mol. The van der Waals surface area contributed by atoms with Crippen LogP contribution >= 0.6 is 11.3 Å². The molecule has 0 spiro atoms. The number of carboxylic acids is 1. The van der Waals surface area contributed by atoms with Gasteiger partial charge in [0.2, 0.25) is 0 Å². The van der Waals surface area contributed by atoms with Crippen molar-refractivity contribution < 1.29 is 14.7 Å². The molecule has 0 saturated carbocycles. The molecule has 1 saturated heterocycles. The van der Waals surface area contributed by atoms with E-state index in [1.54, 1.807) is 17.5 Å². The summed E-state index contributed by atoms with van der Waals surface area (Å²) in [6, 6.07) is 2.16. The Labute approximate surface area is 128 Å². The molecule has 2 heterocycles. The Morgan fingerprint density at radius 1 is 1.57 bits per heavy atom. The van der Waals surface area contributed by atoms with Gasteiger partial charge in [-0.05, 0) is 37.4 Å². The van der Waals surface area contributed by atoms with E-state index in [1.165, 1.54) is 11.3 Å². The fourth-order valence-electron chi connectivity index (χ4n) is 2.53. The second kappa shape index (κ2) is 7.42. The maximum Gasteiger partial charge on any atom is 0.331 e. The van der Waals surface area contributed by atoms with Crippen molar-refractivity contribution in [3.05, 3.63) is 22.4 Å². The summed E-state index contributed by atoms with van der Waals surface area (Å²) in [5.41, 5.74) is 0. The molecule has 0 bridgehead atoms. The highest BCUT2D eigenvalue weighted by Gasteiger charge is 2.25. The lowest BCUT2D eigenvalue weighted by Gasteiger charge is -2.32.